The normalized spacial score (nSPS) is 13.8. The molecule has 0 unspecified atom stereocenters. The number of halogens is 3. The van der Waals surface area contributed by atoms with E-state index in [-0.39, 0.29) is 0 Å². The molecule has 110 valence electrons. The van der Waals surface area contributed by atoms with Gasteiger partial charge in [0.2, 0.25) is 6.54 Å². The molecular weight excluding hydrogens is 275 g/mol. The number of hydrogen-bond acceptors (Lipinski definition) is 3. The molecule has 4 nitrogen and oxygen atoms in total. The molecule has 0 saturated carbocycles. The standard InChI is InChI=1S/C13H14F3NO3/c1-12(2,8-18)11(7-17(19)20)9-3-5-10(6-4-9)13(14,15)16/h3-6,8,11H,7H2,1-2H3/t11-/m1/s1. The lowest BCUT2D eigenvalue weighted by molar-refractivity contribution is -0.485. The Morgan fingerprint density at radius 2 is 1.75 bits per heavy atom. The molecule has 0 saturated heterocycles. The van der Waals surface area contributed by atoms with Gasteiger partial charge in [0.1, 0.15) is 6.29 Å². The van der Waals surface area contributed by atoms with Gasteiger partial charge in [-0.05, 0) is 17.7 Å². The minimum atomic E-state index is -4.46. The monoisotopic (exact) mass is 289 g/mol. The molecule has 1 aromatic carbocycles. The molecule has 0 fully saturated rings. The summed E-state index contributed by atoms with van der Waals surface area (Å²) in [7, 11) is 0. The van der Waals surface area contributed by atoms with E-state index >= 15 is 0 Å². The van der Waals surface area contributed by atoms with Crippen molar-refractivity contribution in [2.75, 3.05) is 6.54 Å². The summed E-state index contributed by atoms with van der Waals surface area (Å²) in [5, 5.41) is 10.7. The molecule has 0 spiro atoms. The van der Waals surface area contributed by atoms with Crippen molar-refractivity contribution in [3.05, 3.63) is 45.5 Å². The fourth-order valence-corrected chi connectivity index (χ4v) is 1.91. The Labute approximate surface area is 113 Å². The van der Waals surface area contributed by atoms with E-state index in [1.165, 1.54) is 26.0 Å². The summed E-state index contributed by atoms with van der Waals surface area (Å²) in [6.45, 7) is 2.52. The Hall–Kier alpha value is -1.92. The predicted molar refractivity (Wildman–Crippen MR) is 65.9 cm³/mol. The van der Waals surface area contributed by atoms with Crippen molar-refractivity contribution < 1.29 is 22.9 Å². The maximum Gasteiger partial charge on any atom is 0.416 e. The SMILES string of the molecule is CC(C)(C=O)[C@H](C[N+](=O)[O-])c1ccc(C(F)(F)F)cc1. The molecule has 0 heterocycles. The van der Waals surface area contributed by atoms with Gasteiger partial charge in [0.15, 0.2) is 0 Å². The fourth-order valence-electron chi connectivity index (χ4n) is 1.91. The molecular formula is C13H14F3NO3. The van der Waals surface area contributed by atoms with Crippen LogP contribution in [0.4, 0.5) is 13.2 Å². The number of nitrogens with zero attached hydrogens (tertiary/aromatic N) is 1. The third-order valence-electron chi connectivity index (χ3n) is 3.17. The van der Waals surface area contributed by atoms with Gasteiger partial charge in [-0.3, -0.25) is 10.1 Å². The summed E-state index contributed by atoms with van der Waals surface area (Å²) in [6, 6.07) is 4.09. The molecule has 0 amide bonds. The molecule has 1 atom stereocenters. The number of carbonyl (C=O) groups is 1. The van der Waals surface area contributed by atoms with Gasteiger partial charge in [-0.15, -0.1) is 0 Å². The number of carbonyl (C=O) groups excluding carboxylic acids is 1. The second-order valence-electron chi connectivity index (χ2n) is 5.13. The predicted octanol–water partition coefficient (Wildman–Crippen LogP) is 3.29. The summed E-state index contributed by atoms with van der Waals surface area (Å²) in [5.41, 5.74) is -1.52. The molecule has 0 aliphatic heterocycles. The van der Waals surface area contributed by atoms with Crippen molar-refractivity contribution in [3.63, 3.8) is 0 Å². The van der Waals surface area contributed by atoms with E-state index in [2.05, 4.69) is 0 Å². The first-order chi connectivity index (χ1) is 9.08. The molecule has 0 aromatic heterocycles. The smallest absolute Gasteiger partial charge is 0.303 e. The van der Waals surface area contributed by atoms with Crippen LogP contribution in [0.3, 0.4) is 0 Å². The minimum absolute atomic E-state index is 0.340. The summed E-state index contributed by atoms with van der Waals surface area (Å²) in [5.74, 6) is -0.780. The van der Waals surface area contributed by atoms with Crippen molar-refractivity contribution in [3.8, 4) is 0 Å². The number of hydrogen-bond donors (Lipinski definition) is 0. The van der Waals surface area contributed by atoms with Gasteiger partial charge in [0, 0.05) is 10.3 Å². The van der Waals surface area contributed by atoms with Gasteiger partial charge in [-0.1, -0.05) is 26.0 Å². The molecule has 1 aromatic rings. The van der Waals surface area contributed by atoms with Gasteiger partial charge in [0.25, 0.3) is 0 Å². The highest BCUT2D eigenvalue weighted by molar-refractivity contribution is 5.60. The Morgan fingerprint density at radius 3 is 2.10 bits per heavy atom. The second kappa shape index (κ2) is 5.60. The summed E-state index contributed by atoms with van der Waals surface area (Å²) >= 11 is 0. The number of benzene rings is 1. The number of nitro groups is 1. The Balaban J connectivity index is 3.15. The van der Waals surface area contributed by atoms with Crippen LogP contribution in [0.25, 0.3) is 0 Å². The first kappa shape index (κ1) is 16.1. The first-order valence-corrected chi connectivity index (χ1v) is 5.83. The zero-order valence-electron chi connectivity index (χ0n) is 11.0. The zero-order chi connectivity index (χ0) is 15.6. The van der Waals surface area contributed by atoms with Crippen molar-refractivity contribution >= 4 is 6.29 Å². The Bertz CT molecular complexity index is 495. The summed E-state index contributed by atoms with van der Waals surface area (Å²) < 4.78 is 37.4. The van der Waals surface area contributed by atoms with Crippen LogP contribution in [-0.2, 0) is 11.0 Å². The van der Waals surface area contributed by atoms with Gasteiger partial charge in [-0.25, -0.2) is 0 Å². The van der Waals surface area contributed by atoms with Crippen LogP contribution in [0.2, 0.25) is 0 Å². The van der Waals surface area contributed by atoms with Crippen LogP contribution in [0, 0.1) is 15.5 Å². The van der Waals surface area contributed by atoms with Gasteiger partial charge in [-0.2, -0.15) is 13.2 Å². The average Bonchev–Trinajstić information content (AvgIpc) is 2.35. The first-order valence-electron chi connectivity index (χ1n) is 5.83. The lowest BCUT2D eigenvalue weighted by Gasteiger charge is -2.26. The average molecular weight is 289 g/mol. The third kappa shape index (κ3) is 3.79. The zero-order valence-corrected chi connectivity index (χ0v) is 11.0. The summed E-state index contributed by atoms with van der Waals surface area (Å²) in [6.07, 6.45) is -3.88. The highest BCUT2D eigenvalue weighted by Gasteiger charge is 2.36. The van der Waals surface area contributed by atoms with E-state index in [4.69, 9.17) is 0 Å². The van der Waals surface area contributed by atoms with Crippen molar-refractivity contribution in [1.82, 2.24) is 0 Å². The number of alkyl halides is 3. The van der Waals surface area contributed by atoms with E-state index in [1.54, 1.807) is 0 Å². The molecule has 0 radical (unpaired) electrons. The number of aldehydes is 1. The van der Waals surface area contributed by atoms with Crippen LogP contribution >= 0.6 is 0 Å². The largest absolute Gasteiger partial charge is 0.416 e. The quantitative estimate of drug-likeness (QED) is 0.475. The van der Waals surface area contributed by atoms with E-state index in [0.717, 1.165) is 12.1 Å². The number of rotatable bonds is 5. The maximum absolute atomic E-state index is 12.5. The molecule has 20 heavy (non-hydrogen) atoms. The van der Waals surface area contributed by atoms with Gasteiger partial charge < -0.3 is 4.79 Å². The summed E-state index contributed by atoms with van der Waals surface area (Å²) in [4.78, 5) is 21.2. The topological polar surface area (TPSA) is 60.2 Å². The molecule has 1 rings (SSSR count). The third-order valence-corrected chi connectivity index (χ3v) is 3.17. The second-order valence-corrected chi connectivity index (χ2v) is 5.13. The van der Waals surface area contributed by atoms with Crippen LogP contribution in [0.5, 0.6) is 0 Å². The van der Waals surface area contributed by atoms with Crippen LogP contribution in [0.15, 0.2) is 24.3 Å². The highest BCUT2D eigenvalue weighted by atomic mass is 19.4. The van der Waals surface area contributed by atoms with E-state index in [9.17, 15) is 28.1 Å². The molecule has 0 bridgehead atoms. The Kier molecular flexibility index (Phi) is 4.52. The van der Waals surface area contributed by atoms with Crippen LogP contribution in [0.1, 0.15) is 30.9 Å². The van der Waals surface area contributed by atoms with Crippen molar-refractivity contribution in [2.45, 2.75) is 25.9 Å². The Morgan fingerprint density at radius 1 is 1.25 bits per heavy atom. The van der Waals surface area contributed by atoms with Crippen LogP contribution < -0.4 is 0 Å². The molecule has 7 heteroatoms. The minimum Gasteiger partial charge on any atom is -0.303 e. The highest BCUT2D eigenvalue weighted by Crippen LogP contribution is 2.36. The van der Waals surface area contributed by atoms with Crippen molar-refractivity contribution in [1.29, 1.82) is 0 Å². The molecule has 0 N–H and O–H groups in total. The lowest BCUT2D eigenvalue weighted by Crippen LogP contribution is -2.29. The molecule has 0 aliphatic rings. The van der Waals surface area contributed by atoms with E-state index in [0.29, 0.717) is 11.8 Å². The fraction of sp³-hybridized carbons (Fsp3) is 0.462. The molecule has 0 aliphatic carbocycles. The van der Waals surface area contributed by atoms with E-state index < -0.39 is 34.5 Å². The van der Waals surface area contributed by atoms with E-state index in [1.807, 2.05) is 0 Å². The van der Waals surface area contributed by atoms with Gasteiger partial charge >= 0.3 is 6.18 Å². The van der Waals surface area contributed by atoms with Crippen LogP contribution in [-0.4, -0.2) is 17.8 Å². The maximum atomic E-state index is 12.5. The van der Waals surface area contributed by atoms with Gasteiger partial charge in [0.05, 0.1) is 11.5 Å². The van der Waals surface area contributed by atoms with Crippen molar-refractivity contribution in [2.24, 2.45) is 5.41 Å². The lowest BCUT2D eigenvalue weighted by atomic mass is 9.76.